The van der Waals surface area contributed by atoms with Gasteiger partial charge in [0, 0.05) is 11.3 Å². The summed E-state index contributed by atoms with van der Waals surface area (Å²) in [6.45, 7) is 0. The van der Waals surface area contributed by atoms with Gasteiger partial charge in [0.2, 0.25) is 11.8 Å². The number of nitrogens with one attached hydrogen (secondary N) is 1. The van der Waals surface area contributed by atoms with Crippen molar-refractivity contribution in [1.29, 1.82) is 0 Å². The van der Waals surface area contributed by atoms with Crippen LogP contribution in [0.4, 0.5) is 4.79 Å². The minimum absolute atomic E-state index is 0.224. The Kier molecular flexibility index (Phi) is 5.13. The topological polar surface area (TPSA) is 85.1 Å². The van der Waals surface area contributed by atoms with Crippen LogP contribution in [0, 0.1) is 0 Å². The van der Waals surface area contributed by atoms with E-state index in [0.29, 0.717) is 24.7 Å². The molecular weight excluding hydrogens is 406 g/mol. The Bertz CT molecular complexity index is 1070. The molecule has 0 bridgehead atoms. The number of rotatable bonds is 5. The number of aromatic nitrogens is 2. The third kappa shape index (κ3) is 4.09. The highest BCUT2D eigenvalue weighted by Gasteiger charge is 2.31. The molecule has 1 unspecified atom stereocenters. The maximum atomic E-state index is 11.8. The van der Waals surface area contributed by atoms with Crippen LogP contribution in [0.2, 0.25) is 0 Å². The lowest BCUT2D eigenvalue weighted by Crippen LogP contribution is -2.25. The van der Waals surface area contributed by atoms with Gasteiger partial charge in [-0.25, -0.2) is 9.97 Å². The van der Waals surface area contributed by atoms with Crippen LogP contribution in [0.3, 0.4) is 0 Å². The Morgan fingerprint density at radius 2 is 2.00 bits per heavy atom. The van der Waals surface area contributed by atoms with Crippen LogP contribution in [-0.4, -0.2) is 26.4 Å². The predicted octanol–water partition coefficient (Wildman–Crippen LogP) is 4.82. The summed E-state index contributed by atoms with van der Waals surface area (Å²) in [7, 11) is 0. The van der Waals surface area contributed by atoms with Crippen LogP contribution in [0.1, 0.15) is 60.2 Å². The summed E-state index contributed by atoms with van der Waals surface area (Å²) in [5.41, 5.74) is 3.48. The number of oxazole rings is 1. The van der Waals surface area contributed by atoms with E-state index in [1.54, 1.807) is 11.3 Å². The van der Waals surface area contributed by atoms with Gasteiger partial charge in [0.25, 0.3) is 5.24 Å². The molecule has 0 spiro atoms. The number of benzene rings is 1. The lowest BCUT2D eigenvalue weighted by atomic mass is 9.90. The normalized spacial score (nSPS) is 20.5. The van der Waals surface area contributed by atoms with E-state index in [-0.39, 0.29) is 16.4 Å². The van der Waals surface area contributed by atoms with E-state index in [0.717, 1.165) is 34.1 Å². The van der Waals surface area contributed by atoms with E-state index in [1.165, 1.54) is 37.1 Å². The van der Waals surface area contributed by atoms with Gasteiger partial charge in [0.1, 0.15) is 5.52 Å². The molecule has 3 heterocycles. The number of carbonyl (C=O) groups excluding carboxylic acids is 2. The molecule has 1 N–H and O–H groups in total. The molecule has 6 nitrogen and oxygen atoms in total. The quantitative estimate of drug-likeness (QED) is 0.628. The number of hydrogen-bond acceptors (Lipinski definition) is 7. The van der Waals surface area contributed by atoms with Gasteiger partial charge in [-0.05, 0) is 37.0 Å². The van der Waals surface area contributed by atoms with Gasteiger partial charge in [-0.1, -0.05) is 37.1 Å². The summed E-state index contributed by atoms with van der Waals surface area (Å²) in [6.07, 6.45) is 7.55. The molecule has 1 saturated carbocycles. The molecule has 1 saturated heterocycles. The van der Waals surface area contributed by atoms with Crippen LogP contribution >= 0.6 is 23.1 Å². The molecule has 1 atom stereocenters. The van der Waals surface area contributed by atoms with E-state index in [9.17, 15) is 9.59 Å². The molecule has 1 aromatic carbocycles. The van der Waals surface area contributed by atoms with E-state index >= 15 is 0 Å². The van der Waals surface area contributed by atoms with Crippen molar-refractivity contribution in [3.05, 3.63) is 45.7 Å². The molecule has 1 aliphatic heterocycles. The maximum Gasteiger partial charge on any atom is 0.286 e. The number of thiazole rings is 1. The molecule has 150 valence electrons. The lowest BCUT2D eigenvalue weighted by Gasteiger charge is -2.18. The van der Waals surface area contributed by atoms with Crippen molar-refractivity contribution in [2.45, 2.75) is 56.1 Å². The molecule has 3 aromatic rings. The minimum atomic E-state index is -0.375. The molecule has 0 radical (unpaired) electrons. The number of thioether (sulfide) groups is 1. The first-order chi connectivity index (χ1) is 14.1. The Balaban J connectivity index is 1.29. The molecule has 5 rings (SSSR count). The largest absolute Gasteiger partial charge is 0.440 e. The number of hydrogen-bond donors (Lipinski definition) is 1. The SMILES string of the molecule is O=C1NC(=O)C(Cc2ccc3oc(Cc4csc(C5CCCCC5)n4)nc3c2)S1. The van der Waals surface area contributed by atoms with Crippen molar-refractivity contribution in [2.24, 2.45) is 0 Å². The van der Waals surface area contributed by atoms with Gasteiger partial charge in [-0.15, -0.1) is 11.3 Å². The highest BCUT2D eigenvalue weighted by molar-refractivity contribution is 8.15. The van der Waals surface area contributed by atoms with Gasteiger partial charge in [-0.3, -0.25) is 14.9 Å². The zero-order valence-corrected chi connectivity index (χ0v) is 17.5. The zero-order valence-electron chi connectivity index (χ0n) is 15.8. The third-order valence-corrected chi connectivity index (χ3v) is 7.58. The molecule has 2 fully saturated rings. The van der Waals surface area contributed by atoms with E-state index in [4.69, 9.17) is 9.40 Å². The third-order valence-electron chi connectivity index (χ3n) is 5.54. The minimum Gasteiger partial charge on any atom is -0.440 e. The standard InChI is InChI=1S/C21H21N3O3S2/c25-19-17(29-21(26)24-19)9-12-6-7-16-15(8-12)23-18(27-16)10-14-11-28-20(22-14)13-4-2-1-3-5-13/h6-8,11,13,17H,1-5,9-10H2,(H,24,25,26). The van der Waals surface area contributed by atoms with Crippen molar-refractivity contribution in [2.75, 3.05) is 0 Å². The Hall–Kier alpha value is -2.19. The summed E-state index contributed by atoms with van der Waals surface area (Å²) in [4.78, 5) is 32.6. The maximum absolute atomic E-state index is 11.8. The van der Waals surface area contributed by atoms with Crippen molar-refractivity contribution >= 4 is 45.3 Å². The first-order valence-electron chi connectivity index (χ1n) is 9.98. The molecule has 29 heavy (non-hydrogen) atoms. The summed E-state index contributed by atoms with van der Waals surface area (Å²) >= 11 is 2.80. The van der Waals surface area contributed by atoms with Crippen LogP contribution in [0.5, 0.6) is 0 Å². The van der Waals surface area contributed by atoms with Crippen LogP contribution in [0.25, 0.3) is 11.1 Å². The molecular formula is C21H21N3O3S2. The van der Waals surface area contributed by atoms with E-state index in [1.807, 2.05) is 18.2 Å². The zero-order chi connectivity index (χ0) is 19.8. The van der Waals surface area contributed by atoms with Gasteiger partial charge in [0.15, 0.2) is 5.58 Å². The monoisotopic (exact) mass is 427 g/mol. The van der Waals surface area contributed by atoms with Crippen molar-refractivity contribution < 1.29 is 14.0 Å². The average molecular weight is 428 g/mol. The molecule has 2 aromatic heterocycles. The fraction of sp³-hybridized carbons (Fsp3) is 0.429. The smallest absolute Gasteiger partial charge is 0.286 e. The highest BCUT2D eigenvalue weighted by atomic mass is 32.2. The van der Waals surface area contributed by atoms with Gasteiger partial charge in [0.05, 0.1) is 22.4 Å². The predicted molar refractivity (Wildman–Crippen MR) is 113 cm³/mol. The second kappa shape index (κ2) is 7.91. The fourth-order valence-electron chi connectivity index (χ4n) is 4.06. The summed E-state index contributed by atoms with van der Waals surface area (Å²) < 4.78 is 5.90. The lowest BCUT2D eigenvalue weighted by molar-refractivity contribution is -0.118. The first-order valence-corrected chi connectivity index (χ1v) is 11.7. The molecule has 2 amide bonds. The average Bonchev–Trinajstić information content (AvgIpc) is 3.41. The van der Waals surface area contributed by atoms with Crippen molar-refractivity contribution in [3.63, 3.8) is 0 Å². The molecule has 2 aliphatic rings. The Morgan fingerprint density at radius 3 is 2.79 bits per heavy atom. The van der Waals surface area contributed by atoms with Crippen LogP contribution < -0.4 is 5.32 Å². The van der Waals surface area contributed by atoms with E-state index in [2.05, 4.69) is 15.7 Å². The van der Waals surface area contributed by atoms with Gasteiger partial charge < -0.3 is 4.42 Å². The van der Waals surface area contributed by atoms with Crippen LogP contribution in [0.15, 0.2) is 28.0 Å². The van der Waals surface area contributed by atoms with E-state index < -0.39 is 0 Å². The molecule has 8 heteroatoms. The number of fused-ring (bicyclic) bond motifs is 1. The second-order valence-corrected chi connectivity index (χ2v) is 9.75. The second-order valence-electron chi connectivity index (χ2n) is 7.69. The van der Waals surface area contributed by atoms with Gasteiger partial charge in [-0.2, -0.15) is 0 Å². The summed E-state index contributed by atoms with van der Waals surface area (Å²) in [5, 5.41) is 5.05. The fourth-order valence-corrected chi connectivity index (χ4v) is 5.91. The van der Waals surface area contributed by atoms with Crippen molar-refractivity contribution in [1.82, 2.24) is 15.3 Å². The number of imide groups is 1. The summed E-state index contributed by atoms with van der Waals surface area (Å²) in [5.74, 6) is 1.05. The molecule has 1 aliphatic carbocycles. The Labute approximate surface area is 176 Å². The highest BCUT2D eigenvalue weighted by Crippen LogP contribution is 2.34. The van der Waals surface area contributed by atoms with Crippen molar-refractivity contribution in [3.8, 4) is 0 Å². The van der Waals surface area contributed by atoms with Crippen LogP contribution in [-0.2, 0) is 17.6 Å². The number of amides is 2. The summed E-state index contributed by atoms with van der Waals surface area (Å²) in [6, 6.07) is 5.75. The Morgan fingerprint density at radius 1 is 1.14 bits per heavy atom. The number of nitrogens with zero attached hydrogens (tertiary/aromatic N) is 2. The number of carbonyl (C=O) groups is 2. The van der Waals surface area contributed by atoms with Gasteiger partial charge >= 0.3 is 0 Å². The first kappa shape index (κ1) is 18.8.